The van der Waals surface area contributed by atoms with Crippen LogP contribution in [0.1, 0.15) is 0 Å². The fourth-order valence-corrected chi connectivity index (χ4v) is 0.750. The maximum absolute atomic E-state index is 5.04. The number of terminal acetylenes is 1. The Hall–Kier alpha value is -0.223. The van der Waals surface area contributed by atoms with E-state index in [2.05, 4.69) is 25.6 Å². The van der Waals surface area contributed by atoms with Crippen molar-refractivity contribution < 1.29 is 0 Å². The zero-order valence-corrected chi connectivity index (χ0v) is 6.15. The van der Waals surface area contributed by atoms with Gasteiger partial charge in [-0.3, -0.25) is 0 Å². The lowest BCUT2D eigenvalue weighted by molar-refractivity contribution is 1.72. The quantitative estimate of drug-likeness (QED) is 0.357. The first-order chi connectivity index (χ1) is 3.06. The van der Waals surface area contributed by atoms with Crippen LogP contribution in [-0.4, -0.2) is 8.07 Å². The van der Waals surface area contributed by atoms with Crippen LogP contribution in [0.25, 0.3) is 0 Å². The standard InChI is InChI=1S/C6H11Si/c1-5-6-7(2,3)4/h1,6H,2-4H3. The Bertz CT molecular complexity index is 81.3. The topological polar surface area (TPSA) is 0 Å². The van der Waals surface area contributed by atoms with E-state index in [9.17, 15) is 0 Å². The smallest absolute Gasteiger partial charge is 0.0624 e. The highest BCUT2D eigenvalue weighted by atomic mass is 28.3. The van der Waals surface area contributed by atoms with Gasteiger partial charge in [0.1, 0.15) is 0 Å². The maximum atomic E-state index is 5.04. The highest BCUT2D eigenvalue weighted by Crippen LogP contribution is 2.01. The summed E-state index contributed by atoms with van der Waals surface area (Å²) in [5.74, 6) is 2.54. The van der Waals surface area contributed by atoms with Gasteiger partial charge >= 0.3 is 0 Å². The zero-order chi connectivity index (χ0) is 5.91. The molecule has 0 aliphatic carbocycles. The van der Waals surface area contributed by atoms with Crippen LogP contribution in [0.15, 0.2) is 0 Å². The minimum atomic E-state index is -1.02. The molecule has 0 unspecified atom stereocenters. The van der Waals surface area contributed by atoms with Crippen molar-refractivity contribution in [3.63, 3.8) is 0 Å². The molecular formula is C6H11Si. The van der Waals surface area contributed by atoms with Gasteiger partial charge in [-0.2, -0.15) is 0 Å². The molecule has 0 bridgehead atoms. The molecule has 0 aliphatic heterocycles. The molecule has 0 fully saturated rings. The first kappa shape index (κ1) is 6.78. The van der Waals surface area contributed by atoms with E-state index < -0.39 is 8.07 Å². The first-order valence-corrected chi connectivity index (χ1v) is 5.94. The second-order valence-electron chi connectivity index (χ2n) is 2.68. The minimum absolute atomic E-state index is 1.02. The molecule has 0 N–H and O–H groups in total. The average Bonchev–Trinajstić information content (AvgIpc) is 1.30. The number of hydrogen-bond donors (Lipinski definition) is 0. The SMILES string of the molecule is C#C[CH][Si](C)(C)C. The third kappa shape index (κ3) is 5.78. The van der Waals surface area contributed by atoms with Crippen LogP contribution >= 0.6 is 0 Å². The molecule has 0 aromatic carbocycles. The molecule has 0 saturated heterocycles. The molecule has 0 heterocycles. The van der Waals surface area contributed by atoms with E-state index in [-0.39, 0.29) is 0 Å². The van der Waals surface area contributed by atoms with Gasteiger partial charge in [-0.15, -0.1) is 12.3 Å². The summed E-state index contributed by atoms with van der Waals surface area (Å²) in [5.41, 5.74) is 0. The van der Waals surface area contributed by atoms with Crippen LogP contribution in [0, 0.1) is 18.4 Å². The lowest BCUT2D eigenvalue weighted by Gasteiger charge is -2.08. The van der Waals surface area contributed by atoms with Crippen LogP contribution in [0.3, 0.4) is 0 Å². The predicted octanol–water partition coefficient (Wildman–Crippen LogP) is 1.70. The molecule has 0 nitrogen and oxygen atoms in total. The molecule has 0 spiro atoms. The van der Waals surface area contributed by atoms with Crippen molar-refractivity contribution in [2.45, 2.75) is 19.6 Å². The van der Waals surface area contributed by atoms with Crippen molar-refractivity contribution >= 4 is 8.07 Å². The van der Waals surface area contributed by atoms with Crippen LogP contribution in [0.5, 0.6) is 0 Å². The molecule has 1 heteroatoms. The summed E-state index contributed by atoms with van der Waals surface area (Å²) in [6.45, 7) is 6.65. The largest absolute Gasteiger partial charge is 0.120 e. The number of rotatable bonds is 1. The predicted molar refractivity (Wildman–Crippen MR) is 36.5 cm³/mol. The van der Waals surface area contributed by atoms with Gasteiger partial charge in [-0.05, 0) is 0 Å². The Morgan fingerprint density at radius 1 is 1.43 bits per heavy atom. The van der Waals surface area contributed by atoms with Crippen molar-refractivity contribution in [1.29, 1.82) is 0 Å². The van der Waals surface area contributed by atoms with E-state index in [0.29, 0.717) is 0 Å². The molecule has 0 aliphatic rings. The normalized spacial score (nSPS) is 10.6. The fraction of sp³-hybridized carbons (Fsp3) is 0.500. The summed E-state index contributed by atoms with van der Waals surface area (Å²) in [7, 11) is -1.02. The summed E-state index contributed by atoms with van der Waals surface area (Å²) in [5, 5.41) is 0. The Kier molecular flexibility index (Phi) is 2.11. The molecule has 0 saturated carbocycles. The van der Waals surface area contributed by atoms with E-state index in [0.717, 1.165) is 0 Å². The molecule has 0 aromatic heterocycles. The van der Waals surface area contributed by atoms with Gasteiger partial charge in [-0.1, -0.05) is 19.6 Å². The minimum Gasteiger partial charge on any atom is -0.120 e. The molecular weight excluding hydrogens is 100 g/mol. The van der Waals surface area contributed by atoms with E-state index in [1.54, 1.807) is 0 Å². The summed E-state index contributed by atoms with van der Waals surface area (Å²) in [6, 6.07) is 1.98. The van der Waals surface area contributed by atoms with Gasteiger partial charge in [0.25, 0.3) is 0 Å². The lowest BCUT2D eigenvalue weighted by atomic mass is 10.8. The monoisotopic (exact) mass is 111 g/mol. The summed E-state index contributed by atoms with van der Waals surface area (Å²) < 4.78 is 0. The molecule has 0 aromatic rings. The fourth-order valence-electron chi connectivity index (χ4n) is 0.250. The molecule has 39 valence electrons. The third-order valence-corrected chi connectivity index (χ3v) is 1.55. The zero-order valence-electron chi connectivity index (χ0n) is 5.15. The van der Waals surface area contributed by atoms with Gasteiger partial charge in [0, 0.05) is 6.04 Å². The van der Waals surface area contributed by atoms with Crippen molar-refractivity contribution in [3.8, 4) is 12.3 Å². The van der Waals surface area contributed by atoms with Crippen molar-refractivity contribution in [3.05, 3.63) is 6.04 Å². The van der Waals surface area contributed by atoms with E-state index in [1.807, 2.05) is 6.04 Å². The van der Waals surface area contributed by atoms with E-state index in [1.165, 1.54) is 0 Å². The van der Waals surface area contributed by atoms with Crippen molar-refractivity contribution in [1.82, 2.24) is 0 Å². The highest BCUT2D eigenvalue weighted by Gasteiger charge is 2.09. The Morgan fingerprint density at radius 3 is 1.86 bits per heavy atom. The number of hydrogen-bond acceptors (Lipinski definition) is 0. The van der Waals surface area contributed by atoms with Gasteiger partial charge < -0.3 is 0 Å². The second-order valence-corrected chi connectivity index (χ2v) is 7.70. The first-order valence-electron chi connectivity index (χ1n) is 2.37. The van der Waals surface area contributed by atoms with Gasteiger partial charge in [-0.25, -0.2) is 0 Å². The van der Waals surface area contributed by atoms with Gasteiger partial charge in [0.05, 0.1) is 8.07 Å². The van der Waals surface area contributed by atoms with E-state index >= 15 is 0 Å². The van der Waals surface area contributed by atoms with Crippen LogP contribution in [0.4, 0.5) is 0 Å². The van der Waals surface area contributed by atoms with Crippen LogP contribution < -0.4 is 0 Å². The summed E-state index contributed by atoms with van der Waals surface area (Å²) in [4.78, 5) is 0. The van der Waals surface area contributed by atoms with Crippen molar-refractivity contribution in [2.24, 2.45) is 0 Å². The summed E-state index contributed by atoms with van der Waals surface area (Å²) >= 11 is 0. The second kappa shape index (κ2) is 2.18. The molecule has 0 rings (SSSR count). The highest BCUT2D eigenvalue weighted by molar-refractivity contribution is 6.80. The third-order valence-electron chi connectivity index (χ3n) is 0.516. The Labute approximate surface area is 46.9 Å². The van der Waals surface area contributed by atoms with Gasteiger partial charge in [0.15, 0.2) is 0 Å². The molecule has 7 heavy (non-hydrogen) atoms. The van der Waals surface area contributed by atoms with Gasteiger partial charge in [0.2, 0.25) is 0 Å². The Balaban J connectivity index is 3.40. The van der Waals surface area contributed by atoms with Crippen molar-refractivity contribution in [2.75, 3.05) is 0 Å². The van der Waals surface area contributed by atoms with E-state index in [4.69, 9.17) is 6.42 Å². The lowest BCUT2D eigenvalue weighted by Crippen LogP contribution is -2.19. The molecule has 0 atom stereocenters. The Morgan fingerprint density at radius 2 is 1.86 bits per heavy atom. The van der Waals surface area contributed by atoms with Crippen LogP contribution in [0.2, 0.25) is 19.6 Å². The molecule has 0 amide bonds. The maximum Gasteiger partial charge on any atom is 0.0624 e. The average molecular weight is 111 g/mol. The van der Waals surface area contributed by atoms with Crippen LogP contribution in [-0.2, 0) is 0 Å². The molecule has 1 radical (unpaired) electrons. The summed E-state index contributed by atoms with van der Waals surface area (Å²) in [6.07, 6.45) is 5.04.